The Morgan fingerprint density at radius 2 is 2.05 bits per heavy atom. The molecule has 0 fully saturated rings. The molecule has 1 heterocycles. The van der Waals surface area contributed by atoms with Crippen molar-refractivity contribution in [3.05, 3.63) is 57.5 Å². The van der Waals surface area contributed by atoms with Gasteiger partial charge in [0, 0.05) is 6.04 Å². The molecule has 1 aromatic carbocycles. The van der Waals surface area contributed by atoms with Crippen LogP contribution in [0.25, 0.3) is 0 Å². The van der Waals surface area contributed by atoms with E-state index in [9.17, 15) is 10.1 Å². The lowest BCUT2D eigenvalue weighted by atomic mass is 10.1. The number of benzene rings is 1. The maximum absolute atomic E-state index is 11.0. The zero-order valence-corrected chi connectivity index (χ0v) is 11.5. The molecule has 20 heavy (non-hydrogen) atoms. The summed E-state index contributed by atoms with van der Waals surface area (Å²) < 4.78 is 0. The van der Waals surface area contributed by atoms with Gasteiger partial charge in [0.1, 0.15) is 6.33 Å². The number of rotatable bonds is 5. The number of aromatic nitrogens is 2. The van der Waals surface area contributed by atoms with Crippen molar-refractivity contribution in [1.82, 2.24) is 9.97 Å². The number of hydrogen-bond donors (Lipinski definition) is 1. The van der Waals surface area contributed by atoms with Crippen molar-refractivity contribution >= 4 is 23.1 Å². The molecule has 1 N–H and O–H groups in total. The van der Waals surface area contributed by atoms with E-state index in [0.29, 0.717) is 0 Å². The molecule has 2 aromatic rings. The van der Waals surface area contributed by atoms with Crippen LogP contribution in [0, 0.1) is 10.1 Å². The van der Waals surface area contributed by atoms with E-state index < -0.39 is 4.92 Å². The van der Waals surface area contributed by atoms with Crippen LogP contribution in [0.15, 0.2) is 36.7 Å². The van der Waals surface area contributed by atoms with Crippen molar-refractivity contribution < 1.29 is 4.92 Å². The number of hydrogen-bond acceptors (Lipinski definition) is 5. The lowest BCUT2D eigenvalue weighted by Gasteiger charge is -2.14. The van der Waals surface area contributed by atoms with Gasteiger partial charge in [-0.2, -0.15) is 0 Å². The number of nitrogens with one attached hydrogen (secondary N) is 1. The highest BCUT2D eigenvalue weighted by atomic mass is 35.5. The average molecular weight is 293 g/mol. The quantitative estimate of drug-likeness (QED) is 0.520. The fourth-order valence-electron chi connectivity index (χ4n) is 1.88. The summed E-state index contributed by atoms with van der Waals surface area (Å²) in [5, 5.41) is 13.8. The number of anilines is 1. The molecule has 1 unspecified atom stereocenters. The van der Waals surface area contributed by atoms with Gasteiger partial charge in [0.25, 0.3) is 0 Å². The SMILES string of the molecule is CC(Cc1ccccc1)Nc1ncnc(Cl)c1[N+](=O)[O-]. The van der Waals surface area contributed by atoms with E-state index in [2.05, 4.69) is 15.3 Å². The van der Waals surface area contributed by atoms with Gasteiger partial charge in [-0.3, -0.25) is 10.1 Å². The second-order valence-electron chi connectivity index (χ2n) is 4.35. The Hall–Kier alpha value is -2.21. The van der Waals surface area contributed by atoms with Crippen molar-refractivity contribution in [3.63, 3.8) is 0 Å². The summed E-state index contributed by atoms with van der Waals surface area (Å²) in [4.78, 5) is 17.9. The molecule has 1 aromatic heterocycles. The molecule has 0 aliphatic heterocycles. The first-order chi connectivity index (χ1) is 9.58. The first-order valence-corrected chi connectivity index (χ1v) is 6.41. The summed E-state index contributed by atoms with van der Waals surface area (Å²) in [5.74, 6) is 0.137. The normalized spacial score (nSPS) is 11.9. The van der Waals surface area contributed by atoms with Gasteiger partial charge < -0.3 is 5.32 Å². The van der Waals surface area contributed by atoms with Crippen LogP contribution in [0.3, 0.4) is 0 Å². The minimum absolute atomic E-state index is 0.0259. The van der Waals surface area contributed by atoms with E-state index in [4.69, 9.17) is 11.6 Å². The Labute approximate surface area is 121 Å². The van der Waals surface area contributed by atoms with Crippen LogP contribution >= 0.6 is 11.6 Å². The molecule has 2 rings (SSSR count). The van der Waals surface area contributed by atoms with Crippen LogP contribution in [-0.4, -0.2) is 20.9 Å². The fourth-order valence-corrected chi connectivity index (χ4v) is 2.08. The zero-order valence-electron chi connectivity index (χ0n) is 10.8. The van der Waals surface area contributed by atoms with Gasteiger partial charge in [0.2, 0.25) is 11.0 Å². The van der Waals surface area contributed by atoms with Gasteiger partial charge in [-0.25, -0.2) is 9.97 Å². The molecule has 0 aliphatic rings. The summed E-state index contributed by atoms with van der Waals surface area (Å²) >= 11 is 5.74. The Balaban J connectivity index is 2.14. The van der Waals surface area contributed by atoms with Gasteiger partial charge in [-0.15, -0.1) is 0 Å². The van der Waals surface area contributed by atoms with Crippen LogP contribution in [0.1, 0.15) is 12.5 Å². The van der Waals surface area contributed by atoms with Crippen LogP contribution in [0.5, 0.6) is 0 Å². The molecule has 0 bridgehead atoms. The van der Waals surface area contributed by atoms with Gasteiger partial charge >= 0.3 is 5.69 Å². The Morgan fingerprint density at radius 1 is 1.35 bits per heavy atom. The van der Waals surface area contributed by atoms with Crippen LogP contribution in [-0.2, 0) is 6.42 Å². The fraction of sp³-hybridized carbons (Fsp3) is 0.231. The Morgan fingerprint density at radius 3 is 2.70 bits per heavy atom. The number of nitrogens with zero attached hydrogens (tertiary/aromatic N) is 3. The smallest absolute Gasteiger partial charge is 0.348 e. The summed E-state index contributed by atoms with van der Waals surface area (Å²) in [6, 6.07) is 9.82. The average Bonchev–Trinajstić information content (AvgIpc) is 2.39. The topological polar surface area (TPSA) is 81.0 Å². The predicted octanol–water partition coefficient (Wildman–Crippen LogP) is 3.08. The first-order valence-electron chi connectivity index (χ1n) is 6.03. The van der Waals surface area contributed by atoms with Crippen molar-refractivity contribution in [3.8, 4) is 0 Å². The first kappa shape index (κ1) is 14.2. The molecular weight excluding hydrogens is 280 g/mol. The molecule has 0 amide bonds. The number of nitro groups is 1. The third kappa shape index (κ3) is 3.42. The molecule has 6 nitrogen and oxygen atoms in total. The molecule has 0 saturated heterocycles. The largest absolute Gasteiger partial charge is 0.361 e. The van der Waals surface area contributed by atoms with E-state index in [1.54, 1.807) is 0 Å². The highest BCUT2D eigenvalue weighted by Crippen LogP contribution is 2.28. The van der Waals surface area contributed by atoms with Crippen LogP contribution < -0.4 is 5.32 Å². The van der Waals surface area contributed by atoms with Crippen LogP contribution in [0.2, 0.25) is 5.15 Å². The van der Waals surface area contributed by atoms with E-state index in [1.807, 2.05) is 37.3 Å². The lowest BCUT2D eigenvalue weighted by molar-refractivity contribution is -0.384. The number of halogens is 1. The maximum Gasteiger partial charge on any atom is 0.348 e. The molecule has 7 heteroatoms. The van der Waals surface area contributed by atoms with Crippen LogP contribution in [0.4, 0.5) is 11.5 Å². The van der Waals surface area contributed by atoms with Gasteiger partial charge in [-0.1, -0.05) is 41.9 Å². The van der Waals surface area contributed by atoms with Crippen molar-refractivity contribution in [2.75, 3.05) is 5.32 Å². The molecule has 0 radical (unpaired) electrons. The zero-order chi connectivity index (χ0) is 14.5. The second kappa shape index (κ2) is 6.29. The third-order valence-electron chi connectivity index (χ3n) is 2.73. The Bertz CT molecular complexity index is 607. The predicted molar refractivity (Wildman–Crippen MR) is 76.9 cm³/mol. The third-order valence-corrected chi connectivity index (χ3v) is 3.00. The molecule has 1 atom stereocenters. The second-order valence-corrected chi connectivity index (χ2v) is 4.71. The van der Waals surface area contributed by atoms with E-state index in [1.165, 1.54) is 6.33 Å². The standard InChI is InChI=1S/C13H13ClN4O2/c1-9(7-10-5-3-2-4-6-10)17-13-11(18(19)20)12(14)15-8-16-13/h2-6,8-9H,7H2,1H3,(H,15,16,17). The minimum Gasteiger partial charge on any atom is -0.361 e. The molecule has 0 aliphatic carbocycles. The van der Waals surface area contributed by atoms with Crippen molar-refractivity contribution in [1.29, 1.82) is 0 Å². The molecule has 0 saturated carbocycles. The maximum atomic E-state index is 11.0. The summed E-state index contributed by atoms with van der Waals surface area (Å²) in [6.45, 7) is 1.92. The van der Waals surface area contributed by atoms with Gasteiger partial charge in [0.15, 0.2) is 0 Å². The van der Waals surface area contributed by atoms with E-state index >= 15 is 0 Å². The van der Waals surface area contributed by atoms with Crippen molar-refractivity contribution in [2.45, 2.75) is 19.4 Å². The Kier molecular flexibility index (Phi) is 4.47. The van der Waals surface area contributed by atoms with Crippen molar-refractivity contribution in [2.24, 2.45) is 0 Å². The van der Waals surface area contributed by atoms with E-state index in [-0.39, 0.29) is 22.7 Å². The summed E-state index contributed by atoms with van der Waals surface area (Å²) in [7, 11) is 0. The molecular formula is C13H13ClN4O2. The summed E-state index contributed by atoms with van der Waals surface area (Å²) in [6.07, 6.45) is 1.92. The summed E-state index contributed by atoms with van der Waals surface area (Å²) in [5.41, 5.74) is 0.837. The van der Waals surface area contributed by atoms with Gasteiger partial charge in [-0.05, 0) is 18.9 Å². The lowest BCUT2D eigenvalue weighted by Crippen LogP contribution is -2.20. The van der Waals surface area contributed by atoms with E-state index in [0.717, 1.165) is 12.0 Å². The minimum atomic E-state index is -0.583. The monoisotopic (exact) mass is 292 g/mol. The molecule has 0 spiro atoms. The van der Waals surface area contributed by atoms with Gasteiger partial charge in [0.05, 0.1) is 4.92 Å². The molecule has 104 valence electrons. The highest BCUT2D eigenvalue weighted by Gasteiger charge is 2.22. The highest BCUT2D eigenvalue weighted by molar-refractivity contribution is 6.31.